The molecular formula is C16H22N2S3. The Morgan fingerprint density at radius 3 is 2.86 bits per heavy atom. The molecule has 0 aliphatic carbocycles. The van der Waals surface area contributed by atoms with E-state index < -0.39 is 0 Å². The Labute approximate surface area is 139 Å². The summed E-state index contributed by atoms with van der Waals surface area (Å²) in [4.78, 5) is 4.81. The SMILES string of the molecule is CCC1SCCSC1C(Cc1nc2ccccc2s1)NC. The normalized spacial score (nSPS) is 24.3. The molecule has 2 aromatic rings. The quantitative estimate of drug-likeness (QED) is 0.889. The molecule has 0 amide bonds. The van der Waals surface area contributed by atoms with E-state index >= 15 is 0 Å². The first-order chi connectivity index (χ1) is 10.3. The largest absolute Gasteiger partial charge is 0.315 e. The summed E-state index contributed by atoms with van der Waals surface area (Å²) in [7, 11) is 2.10. The van der Waals surface area contributed by atoms with Crippen molar-refractivity contribution in [1.29, 1.82) is 0 Å². The average molecular weight is 339 g/mol. The van der Waals surface area contributed by atoms with Gasteiger partial charge in [-0.05, 0) is 25.6 Å². The van der Waals surface area contributed by atoms with Crippen LogP contribution in [0.15, 0.2) is 24.3 Å². The van der Waals surface area contributed by atoms with E-state index in [-0.39, 0.29) is 0 Å². The molecule has 2 nitrogen and oxygen atoms in total. The van der Waals surface area contributed by atoms with Crippen LogP contribution in [0, 0.1) is 0 Å². The minimum absolute atomic E-state index is 0.522. The van der Waals surface area contributed by atoms with E-state index in [4.69, 9.17) is 4.98 Å². The lowest BCUT2D eigenvalue weighted by atomic mass is 10.1. The zero-order valence-electron chi connectivity index (χ0n) is 12.5. The minimum Gasteiger partial charge on any atom is -0.315 e. The number of aromatic nitrogens is 1. The van der Waals surface area contributed by atoms with Gasteiger partial charge in [-0.1, -0.05) is 19.1 Å². The van der Waals surface area contributed by atoms with Gasteiger partial charge in [-0.25, -0.2) is 4.98 Å². The molecule has 0 radical (unpaired) electrons. The molecule has 1 fully saturated rings. The van der Waals surface area contributed by atoms with Crippen molar-refractivity contribution in [2.75, 3.05) is 18.6 Å². The molecular weight excluding hydrogens is 316 g/mol. The highest BCUT2D eigenvalue weighted by Crippen LogP contribution is 2.36. The fraction of sp³-hybridized carbons (Fsp3) is 0.562. The summed E-state index contributed by atoms with van der Waals surface area (Å²) in [6.45, 7) is 2.32. The van der Waals surface area contributed by atoms with Gasteiger partial charge in [0.1, 0.15) is 0 Å². The molecule has 114 valence electrons. The Kier molecular flexibility index (Phi) is 5.49. The van der Waals surface area contributed by atoms with Gasteiger partial charge < -0.3 is 5.32 Å². The highest BCUT2D eigenvalue weighted by Gasteiger charge is 2.31. The first kappa shape index (κ1) is 15.7. The number of nitrogens with one attached hydrogen (secondary N) is 1. The summed E-state index contributed by atoms with van der Waals surface area (Å²) < 4.78 is 1.31. The van der Waals surface area contributed by atoms with E-state index in [1.165, 1.54) is 27.6 Å². The Balaban J connectivity index is 1.76. The lowest BCUT2D eigenvalue weighted by Gasteiger charge is -2.35. The van der Waals surface area contributed by atoms with E-state index in [2.05, 4.69) is 67.1 Å². The van der Waals surface area contributed by atoms with Crippen LogP contribution in [0.3, 0.4) is 0 Å². The molecule has 0 bridgehead atoms. The van der Waals surface area contributed by atoms with Crippen LogP contribution in [0.25, 0.3) is 10.2 Å². The summed E-state index contributed by atoms with van der Waals surface area (Å²) >= 11 is 6.15. The number of thioether (sulfide) groups is 2. The molecule has 3 atom stereocenters. The van der Waals surface area contributed by atoms with Crippen LogP contribution in [0.2, 0.25) is 0 Å². The van der Waals surface area contributed by atoms with Gasteiger partial charge in [-0.3, -0.25) is 0 Å². The molecule has 21 heavy (non-hydrogen) atoms. The summed E-state index contributed by atoms with van der Waals surface area (Å²) in [6, 6.07) is 8.98. The maximum Gasteiger partial charge on any atom is 0.0954 e. The molecule has 1 aliphatic heterocycles. The summed E-state index contributed by atoms with van der Waals surface area (Å²) in [5, 5.41) is 6.30. The highest BCUT2D eigenvalue weighted by atomic mass is 32.2. The molecule has 1 aromatic carbocycles. The fourth-order valence-corrected chi connectivity index (χ4v) is 7.22. The van der Waals surface area contributed by atoms with Gasteiger partial charge in [-0.15, -0.1) is 11.3 Å². The van der Waals surface area contributed by atoms with E-state index in [9.17, 15) is 0 Å². The van der Waals surface area contributed by atoms with Crippen LogP contribution in [0.4, 0.5) is 0 Å². The number of hydrogen-bond donors (Lipinski definition) is 1. The first-order valence-corrected chi connectivity index (χ1v) is 10.5. The second-order valence-corrected chi connectivity index (χ2v) is 9.08. The zero-order chi connectivity index (χ0) is 14.7. The predicted octanol–water partition coefficient (Wildman–Crippen LogP) is 4.05. The van der Waals surface area contributed by atoms with Crippen molar-refractivity contribution in [3.05, 3.63) is 29.3 Å². The molecule has 0 spiro atoms. The summed E-state index contributed by atoms with van der Waals surface area (Å²) in [6.07, 6.45) is 2.31. The second kappa shape index (κ2) is 7.36. The monoisotopic (exact) mass is 338 g/mol. The minimum atomic E-state index is 0.522. The van der Waals surface area contributed by atoms with Crippen LogP contribution < -0.4 is 5.32 Å². The van der Waals surface area contributed by atoms with Gasteiger partial charge in [-0.2, -0.15) is 23.5 Å². The van der Waals surface area contributed by atoms with Crippen LogP contribution >= 0.6 is 34.9 Å². The van der Waals surface area contributed by atoms with E-state index in [1.807, 2.05) is 11.3 Å². The fourth-order valence-electron chi connectivity index (χ4n) is 2.89. The van der Waals surface area contributed by atoms with Gasteiger partial charge in [0.25, 0.3) is 0 Å². The molecule has 0 saturated carbocycles. The van der Waals surface area contributed by atoms with Crippen molar-refractivity contribution >= 4 is 45.1 Å². The van der Waals surface area contributed by atoms with Gasteiger partial charge in [0.15, 0.2) is 0 Å². The molecule has 1 saturated heterocycles. The van der Waals surface area contributed by atoms with E-state index in [0.29, 0.717) is 11.3 Å². The van der Waals surface area contributed by atoms with Crippen molar-refractivity contribution in [1.82, 2.24) is 10.3 Å². The van der Waals surface area contributed by atoms with Crippen molar-refractivity contribution < 1.29 is 0 Å². The van der Waals surface area contributed by atoms with Gasteiger partial charge in [0.05, 0.1) is 15.2 Å². The number of benzene rings is 1. The highest BCUT2D eigenvalue weighted by molar-refractivity contribution is 8.07. The molecule has 3 rings (SSSR count). The topological polar surface area (TPSA) is 24.9 Å². The molecule has 3 unspecified atom stereocenters. The van der Waals surface area contributed by atoms with Crippen LogP contribution in [-0.4, -0.2) is 40.1 Å². The zero-order valence-corrected chi connectivity index (χ0v) is 15.0. The van der Waals surface area contributed by atoms with Crippen LogP contribution in [0.5, 0.6) is 0 Å². The summed E-state index contributed by atoms with van der Waals surface area (Å²) in [5.74, 6) is 2.58. The average Bonchev–Trinajstić information content (AvgIpc) is 2.95. The van der Waals surface area contributed by atoms with Gasteiger partial charge in [0.2, 0.25) is 0 Å². The predicted molar refractivity (Wildman–Crippen MR) is 99.0 cm³/mol. The van der Waals surface area contributed by atoms with Crippen molar-refractivity contribution in [2.45, 2.75) is 36.3 Å². The molecule has 5 heteroatoms. The van der Waals surface area contributed by atoms with Crippen LogP contribution in [0.1, 0.15) is 18.4 Å². The first-order valence-electron chi connectivity index (χ1n) is 7.56. The standard InChI is InChI=1S/C16H22N2S3/c1-3-13-16(20-9-8-19-13)12(17-2)10-15-18-11-6-4-5-7-14(11)21-15/h4-7,12-13,16-17H,3,8-10H2,1-2H3. The van der Waals surface area contributed by atoms with Crippen molar-refractivity contribution in [2.24, 2.45) is 0 Å². The lowest BCUT2D eigenvalue weighted by Crippen LogP contribution is -2.44. The molecule has 1 N–H and O–H groups in total. The van der Waals surface area contributed by atoms with Gasteiger partial charge >= 0.3 is 0 Å². The van der Waals surface area contributed by atoms with Gasteiger partial charge in [0, 0.05) is 34.5 Å². The number of nitrogens with zero attached hydrogens (tertiary/aromatic N) is 1. The maximum atomic E-state index is 4.81. The number of thiazole rings is 1. The number of hydrogen-bond acceptors (Lipinski definition) is 5. The van der Waals surface area contributed by atoms with E-state index in [1.54, 1.807) is 0 Å². The number of likely N-dealkylation sites (N-methyl/N-ethyl adjacent to an activating group) is 1. The molecule has 1 aromatic heterocycles. The summed E-state index contributed by atoms with van der Waals surface area (Å²) in [5.41, 5.74) is 1.14. The maximum absolute atomic E-state index is 4.81. The Hall–Kier alpha value is -0.230. The third kappa shape index (κ3) is 3.58. The number of rotatable bonds is 5. The number of para-hydroxylation sites is 1. The lowest BCUT2D eigenvalue weighted by molar-refractivity contribution is 0.516. The van der Waals surface area contributed by atoms with Crippen LogP contribution in [-0.2, 0) is 6.42 Å². The Morgan fingerprint density at radius 1 is 1.29 bits per heavy atom. The third-order valence-electron chi connectivity index (χ3n) is 3.99. The van der Waals surface area contributed by atoms with E-state index in [0.717, 1.165) is 17.2 Å². The Bertz CT molecular complexity index is 551. The van der Waals surface area contributed by atoms with Crippen molar-refractivity contribution in [3.8, 4) is 0 Å². The molecule has 2 heterocycles. The van der Waals surface area contributed by atoms with Crippen molar-refractivity contribution in [3.63, 3.8) is 0 Å². The Morgan fingerprint density at radius 2 is 2.10 bits per heavy atom. The molecule has 1 aliphatic rings. The third-order valence-corrected chi connectivity index (χ3v) is 8.46. The smallest absolute Gasteiger partial charge is 0.0954 e. The number of fused-ring (bicyclic) bond motifs is 1. The second-order valence-electron chi connectivity index (χ2n) is 5.33.